The fraction of sp³-hybridized carbons (Fsp3) is 0.167. The van der Waals surface area contributed by atoms with Gasteiger partial charge in [0.25, 0.3) is 0 Å². The molecule has 0 spiro atoms. The van der Waals surface area contributed by atoms with Crippen molar-refractivity contribution >= 4 is 17.0 Å². The molecule has 0 saturated heterocycles. The summed E-state index contributed by atoms with van der Waals surface area (Å²) >= 11 is 1.48. The Morgan fingerprint density at radius 1 is 1.06 bits per heavy atom. The van der Waals surface area contributed by atoms with Crippen molar-refractivity contribution in [2.45, 2.75) is 13.8 Å². The summed E-state index contributed by atoms with van der Waals surface area (Å²) in [4.78, 5) is 1.90. The monoisotopic (exact) mass is 239 g/mol. The first-order valence-electron chi connectivity index (χ1n) is 4.81. The van der Waals surface area contributed by atoms with E-state index in [-0.39, 0.29) is 5.69 Å². The number of rotatable bonds is 1. The van der Waals surface area contributed by atoms with Crippen molar-refractivity contribution in [1.29, 1.82) is 0 Å². The minimum Gasteiger partial charge on any atom is -0.396 e. The highest BCUT2D eigenvalue weighted by Gasteiger charge is 2.13. The number of halogens is 2. The van der Waals surface area contributed by atoms with Crippen molar-refractivity contribution < 1.29 is 8.78 Å². The molecule has 2 rings (SSSR count). The van der Waals surface area contributed by atoms with Gasteiger partial charge in [0.15, 0.2) is 0 Å². The van der Waals surface area contributed by atoms with Crippen molar-refractivity contribution in [3.05, 3.63) is 40.3 Å². The van der Waals surface area contributed by atoms with Crippen molar-refractivity contribution in [2.75, 3.05) is 5.73 Å². The lowest BCUT2D eigenvalue weighted by Gasteiger charge is -2.04. The molecule has 0 saturated carbocycles. The van der Waals surface area contributed by atoms with Crippen LogP contribution in [0.3, 0.4) is 0 Å². The van der Waals surface area contributed by atoms with Gasteiger partial charge >= 0.3 is 0 Å². The van der Waals surface area contributed by atoms with Gasteiger partial charge in [-0.05, 0) is 31.5 Å². The normalized spacial score (nSPS) is 10.8. The molecule has 0 bridgehead atoms. The highest BCUT2D eigenvalue weighted by atomic mass is 32.1. The van der Waals surface area contributed by atoms with Crippen LogP contribution >= 0.6 is 11.3 Å². The van der Waals surface area contributed by atoms with Gasteiger partial charge in [0.05, 0.1) is 5.69 Å². The lowest BCUT2D eigenvalue weighted by Crippen LogP contribution is -1.94. The Balaban J connectivity index is 2.64. The van der Waals surface area contributed by atoms with Crippen LogP contribution in [0.4, 0.5) is 14.5 Å². The van der Waals surface area contributed by atoms with E-state index in [1.54, 1.807) is 0 Å². The Morgan fingerprint density at radius 2 is 1.75 bits per heavy atom. The number of hydrogen-bond donors (Lipinski definition) is 1. The zero-order chi connectivity index (χ0) is 11.9. The molecule has 0 unspecified atom stereocenters. The van der Waals surface area contributed by atoms with Crippen LogP contribution in [-0.4, -0.2) is 0 Å². The molecule has 0 radical (unpaired) electrons. The lowest BCUT2D eigenvalue weighted by molar-refractivity contribution is 0.589. The van der Waals surface area contributed by atoms with Gasteiger partial charge in [-0.3, -0.25) is 0 Å². The summed E-state index contributed by atoms with van der Waals surface area (Å²) < 4.78 is 26.6. The molecule has 16 heavy (non-hydrogen) atoms. The van der Waals surface area contributed by atoms with Crippen molar-refractivity contribution in [1.82, 2.24) is 0 Å². The molecule has 84 valence electrons. The third kappa shape index (κ3) is 1.80. The smallest absolute Gasteiger partial charge is 0.149 e. The second kappa shape index (κ2) is 3.87. The van der Waals surface area contributed by atoms with Crippen LogP contribution in [-0.2, 0) is 0 Å². The third-order valence-electron chi connectivity index (χ3n) is 2.37. The molecule has 1 aromatic carbocycles. The van der Waals surface area contributed by atoms with Crippen molar-refractivity contribution in [3.63, 3.8) is 0 Å². The summed E-state index contributed by atoms with van der Waals surface area (Å²) in [7, 11) is 0. The number of nitrogens with two attached hydrogens (primary N) is 1. The topological polar surface area (TPSA) is 26.0 Å². The predicted octanol–water partition coefficient (Wildman–Crippen LogP) is 3.89. The molecule has 4 heteroatoms. The van der Waals surface area contributed by atoms with Gasteiger partial charge in [-0.15, -0.1) is 11.3 Å². The van der Waals surface area contributed by atoms with Crippen LogP contribution in [0, 0.1) is 25.5 Å². The van der Waals surface area contributed by atoms with Crippen LogP contribution in [0.25, 0.3) is 10.4 Å². The molecule has 0 aliphatic rings. The van der Waals surface area contributed by atoms with E-state index in [0.717, 1.165) is 21.4 Å². The number of benzene rings is 1. The van der Waals surface area contributed by atoms with E-state index in [4.69, 9.17) is 5.73 Å². The number of hydrogen-bond acceptors (Lipinski definition) is 2. The fourth-order valence-electron chi connectivity index (χ4n) is 1.65. The van der Waals surface area contributed by atoms with Crippen LogP contribution in [0.2, 0.25) is 0 Å². The molecule has 0 atom stereocenters. The molecular formula is C12H11F2NS. The first-order valence-corrected chi connectivity index (χ1v) is 5.62. The van der Waals surface area contributed by atoms with E-state index in [1.165, 1.54) is 17.4 Å². The molecule has 1 nitrogen and oxygen atoms in total. The van der Waals surface area contributed by atoms with Crippen LogP contribution < -0.4 is 5.73 Å². The third-order valence-corrected chi connectivity index (χ3v) is 3.56. The maximum Gasteiger partial charge on any atom is 0.149 e. The summed E-state index contributed by atoms with van der Waals surface area (Å²) in [5.74, 6) is -1.29. The number of anilines is 1. The minimum absolute atomic E-state index is 0.0261. The first kappa shape index (κ1) is 11.1. The first-order chi connectivity index (χ1) is 7.49. The molecule has 0 amide bonds. The zero-order valence-electron chi connectivity index (χ0n) is 8.97. The molecular weight excluding hydrogens is 228 g/mol. The molecule has 0 fully saturated rings. The molecule has 1 heterocycles. The second-order valence-corrected chi connectivity index (χ2v) is 4.98. The van der Waals surface area contributed by atoms with E-state index < -0.39 is 11.6 Å². The standard InChI is InChI=1S/C12H11F2NS/c1-6-3-7(2)16-12(6)8-4-11(15)10(14)5-9(8)13/h3-5H,15H2,1-2H3. The highest BCUT2D eigenvalue weighted by molar-refractivity contribution is 7.15. The van der Waals surface area contributed by atoms with Gasteiger partial charge in [0, 0.05) is 21.4 Å². The van der Waals surface area contributed by atoms with Crippen LogP contribution in [0.5, 0.6) is 0 Å². The SMILES string of the molecule is Cc1cc(C)c(-c2cc(N)c(F)cc2F)s1. The molecule has 0 aliphatic heterocycles. The van der Waals surface area contributed by atoms with Crippen LogP contribution in [0.15, 0.2) is 18.2 Å². The summed E-state index contributed by atoms with van der Waals surface area (Å²) in [6, 6.07) is 4.15. The Morgan fingerprint density at radius 3 is 2.31 bits per heavy atom. The highest BCUT2D eigenvalue weighted by Crippen LogP contribution is 2.35. The summed E-state index contributed by atoms with van der Waals surface area (Å²) in [6.07, 6.45) is 0. The van der Waals surface area contributed by atoms with E-state index >= 15 is 0 Å². The fourth-order valence-corrected chi connectivity index (χ4v) is 2.69. The Kier molecular flexibility index (Phi) is 2.68. The lowest BCUT2D eigenvalue weighted by atomic mass is 10.1. The zero-order valence-corrected chi connectivity index (χ0v) is 9.79. The largest absolute Gasteiger partial charge is 0.396 e. The summed E-state index contributed by atoms with van der Waals surface area (Å²) in [5.41, 5.74) is 6.77. The molecule has 2 N–H and O–H groups in total. The van der Waals surface area contributed by atoms with Gasteiger partial charge in [0.2, 0.25) is 0 Å². The second-order valence-electron chi connectivity index (χ2n) is 3.72. The molecule has 2 aromatic rings. The maximum atomic E-state index is 13.6. The van der Waals surface area contributed by atoms with Gasteiger partial charge in [-0.2, -0.15) is 0 Å². The van der Waals surface area contributed by atoms with Gasteiger partial charge in [-0.25, -0.2) is 8.78 Å². The van der Waals surface area contributed by atoms with E-state index in [2.05, 4.69) is 0 Å². The predicted molar refractivity (Wildman–Crippen MR) is 63.6 cm³/mol. The number of aryl methyl sites for hydroxylation is 2. The van der Waals surface area contributed by atoms with E-state index in [1.807, 2.05) is 19.9 Å². The average molecular weight is 239 g/mol. The van der Waals surface area contributed by atoms with E-state index in [0.29, 0.717) is 5.56 Å². The quantitative estimate of drug-likeness (QED) is 0.750. The summed E-state index contributed by atoms with van der Waals surface area (Å²) in [5, 5.41) is 0. The Bertz CT molecular complexity index is 546. The van der Waals surface area contributed by atoms with Crippen molar-refractivity contribution in [3.8, 4) is 10.4 Å². The summed E-state index contributed by atoms with van der Waals surface area (Å²) in [6.45, 7) is 3.85. The number of thiophene rings is 1. The van der Waals surface area contributed by atoms with Crippen molar-refractivity contribution in [2.24, 2.45) is 0 Å². The van der Waals surface area contributed by atoms with Gasteiger partial charge in [-0.1, -0.05) is 0 Å². The minimum atomic E-state index is -0.716. The molecule has 1 aromatic heterocycles. The van der Waals surface area contributed by atoms with Crippen LogP contribution in [0.1, 0.15) is 10.4 Å². The van der Waals surface area contributed by atoms with Gasteiger partial charge < -0.3 is 5.73 Å². The van der Waals surface area contributed by atoms with Gasteiger partial charge in [0.1, 0.15) is 11.6 Å². The maximum absolute atomic E-state index is 13.6. The molecule has 0 aliphatic carbocycles. The number of nitrogen functional groups attached to an aromatic ring is 1. The van der Waals surface area contributed by atoms with E-state index in [9.17, 15) is 8.78 Å². The Labute approximate surface area is 96.5 Å². The Hall–Kier alpha value is -1.42. The average Bonchev–Trinajstić information content (AvgIpc) is 2.51.